The summed E-state index contributed by atoms with van der Waals surface area (Å²) in [6.07, 6.45) is -3.93. The van der Waals surface area contributed by atoms with Crippen LogP contribution in [0.25, 0.3) is 0 Å². The number of rotatable bonds is 7. The zero-order valence-corrected chi connectivity index (χ0v) is 19.4. The van der Waals surface area contributed by atoms with Crippen LogP contribution in [0.1, 0.15) is 44.0 Å². The van der Waals surface area contributed by atoms with Crippen molar-refractivity contribution >= 4 is 21.7 Å². The Hall–Kier alpha value is -3.15. The number of aryl methyl sites for hydroxylation is 1. The molecule has 2 aromatic rings. The van der Waals surface area contributed by atoms with Crippen molar-refractivity contribution in [1.29, 1.82) is 0 Å². The molecule has 1 N–H and O–H groups in total. The van der Waals surface area contributed by atoms with E-state index in [1.54, 1.807) is 12.1 Å². The molecule has 0 spiro atoms. The predicted molar refractivity (Wildman–Crippen MR) is 118 cm³/mol. The Morgan fingerprint density at radius 2 is 1.76 bits per heavy atom. The Kier molecular flexibility index (Phi) is 7.20. The van der Waals surface area contributed by atoms with E-state index in [0.29, 0.717) is 16.2 Å². The number of pyridine rings is 1. The van der Waals surface area contributed by atoms with Crippen LogP contribution in [0.3, 0.4) is 0 Å². The quantitative estimate of drug-likeness (QED) is 0.628. The number of nitrogens with one attached hydrogen (secondary N) is 1. The van der Waals surface area contributed by atoms with Crippen LogP contribution in [-0.4, -0.2) is 54.8 Å². The summed E-state index contributed by atoms with van der Waals surface area (Å²) in [5, 5.41) is 2.45. The second kappa shape index (κ2) is 9.61. The normalized spacial score (nSPS) is 14.1. The molecule has 0 aliphatic carbocycles. The fraction of sp³-hybridized carbons (Fsp3) is 0.409. The molecule has 2 heterocycles. The van der Waals surface area contributed by atoms with E-state index < -0.39 is 50.2 Å². The maximum atomic E-state index is 13.9. The van der Waals surface area contributed by atoms with Crippen LogP contribution < -0.4 is 10.9 Å². The first-order valence-electron chi connectivity index (χ1n) is 10.4. The molecule has 0 saturated heterocycles. The molecule has 34 heavy (non-hydrogen) atoms. The van der Waals surface area contributed by atoms with Gasteiger partial charge in [0.1, 0.15) is 21.1 Å². The number of benzene rings is 1. The number of fused-ring (bicyclic) bond motifs is 1. The minimum atomic E-state index is -5.00. The van der Waals surface area contributed by atoms with E-state index in [1.165, 1.54) is 0 Å². The molecule has 1 aliphatic rings. The summed E-state index contributed by atoms with van der Waals surface area (Å²) >= 11 is 0. The van der Waals surface area contributed by atoms with Gasteiger partial charge in [-0.1, -0.05) is 29.8 Å². The Balaban J connectivity index is 1.91. The lowest BCUT2D eigenvalue weighted by Crippen LogP contribution is -2.48. The summed E-state index contributed by atoms with van der Waals surface area (Å²) in [5.74, 6) is -2.24. The van der Waals surface area contributed by atoms with Gasteiger partial charge in [0.05, 0.1) is 11.3 Å². The molecule has 1 aromatic heterocycles. The lowest BCUT2D eigenvalue weighted by atomic mass is 10.0. The summed E-state index contributed by atoms with van der Waals surface area (Å²) in [7, 11) is -3.30. The van der Waals surface area contributed by atoms with Gasteiger partial charge in [0.25, 0.3) is 17.4 Å². The van der Waals surface area contributed by atoms with Gasteiger partial charge in [-0.15, -0.1) is 0 Å². The predicted octanol–water partition coefficient (Wildman–Crippen LogP) is 2.00. The van der Waals surface area contributed by atoms with Crippen molar-refractivity contribution in [1.82, 2.24) is 14.8 Å². The molecule has 2 amide bonds. The third kappa shape index (κ3) is 5.85. The molecule has 0 atom stereocenters. The van der Waals surface area contributed by atoms with E-state index in [9.17, 15) is 36.0 Å². The molecule has 1 aliphatic heterocycles. The van der Waals surface area contributed by atoms with Crippen LogP contribution in [0, 0.1) is 6.92 Å². The van der Waals surface area contributed by atoms with Crippen LogP contribution in [0.2, 0.25) is 0 Å². The lowest BCUT2D eigenvalue weighted by Gasteiger charge is -2.31. The van der Waals surface area contributed by atoms with E-state index in [0.717, 1.165) is 16.7 Å². The molecule has 8 nitrogen and oxygen atoms in total. The first-order valence-corrected chi connectivity index (χ1v) is 12.5. The highest BCUT2D eigenvalue weighted by atomic mass is 32.2. The molecule has 184 valence electrons. The third-order valence-corrected chi connectivity index (χ3v) is 6.47. The first kappa shape index (κ1) is 25.5. The number of sulfone groups is 1. The van der Waals surface area contributed by atoms with Crippen molar-refractivity contribution in [2.75, 3.05) is 25.1 Å². The van der Waals surface area contributed by atoms with E-state index in [-0.39, 0.29) is 38.4 Å². The molecule has 3 rings (SSSR count). The summed E-state index contributed by atoms with van der Waals surface area (Å²) < 4.78 is 64.8. The highest BCUT2D eigenvalue weighted by Crippen LogP contribution is 2.33. The van der Waals surface area contributed by atoms with Gasteiger partial charge in [0.2, 0.25) is 0 Å². The highest BCUT2D eigenvalue weighted by Gasteiger charge is 2.41. The molecular weight excluding hydrogens is 475 g/mol. The fourth-order valence-electron chi connectivity index (χ4n) is 3.68. The Labute approximate surface area is 194 Å². The number of hydrogen-bond acceptors (Lipinski definition) is 5. The largest absolute Gasteiger partial charge is 0.418 e. The molecule has 0 saturated carbocycles. The standard InChI is InChI=1S/C22H24F3N3O5S/c1-14-4-6-15(7-5-14)13-26-19(29)16-12-17(22(23,24)25)18-21(31)27(8-3-11-34(2,32)33)9-10-28(18)20(16)30/h4-7,12H,3,8-11,13H2,1-2H3,(H,26,29). The minimum Gasteiger partial charge on any atom is -0.348 e. The number of aromatic nitrogens is 1. The average Bonchev–Trinajstić information content (AvgIpc) is 2.73. The number of halogens is 3. The Morgan fingerprint density at radius 1 is 1.12 bits per heavy atom. The van der Waals surface area contributed by atoms with Gasteiger partial charge in [-0.05, 0) is 25.0 Å². The van der Waals surface area contributed by atoms with E-state index in [2.05, 4.69) is 5.32 Å². The molecule has 0 unspecified atom stereocenters. The van der Waals surface area contributed by atoms with Crippen LogP contribution >= 0.6 is 0 Å². The Morgan fingerprint density at radius 3 is 2.35 bits per heavy atom. The lowest BCUT2D eigenvalue weighted by molar-refractivity contribution is -0.138. The molecule has 1 aromatic carbocycles. The second-order valence-corrected chi connectivity index (χ2v) is 10.5. The van der Waals surface area contributed by atoms with Gasteiger partial charge < -0.3 is 14.8 Å². The van der Waals surface area contributed by atoms with Crippen LogP contribution in [-0.2, 0) is 29.1 Å². The third-order valence-electron chi connectivity index (χ3n) is 5.44. The SMILES string of the molecule is Cc1ccc(CNC(=O)c2cc(C(F)(F)F)c3n(c2=O)CCN(CCCS(C)(=O)=O)C3=O)cc1. The summed E-state index contributed by atoms with van der Waals surface area (Å²) in [4.78, 5) is 39.4. The number of carbonyl (C=O) groups excluding carboxylic acids is 2. The zero-order valence-electron chi connectivity index (χ0n) is 18.6. The van der Waals surface area contributed by atoms with Crippen molar-refractivity contribution in [2.24, 2.45) is 0 Å². The topological polar surface area (TPSA) is 106 Å². The number of alkyl halides is 3. The maximum absolute atomic E-state index is 13.9. The van der Waals surface area contributed by atoms with Crippen molar-refractivity contribution in [3.8, 4) is 0 Å². The monoisotopic (exact) mass is 499 g/mol. The molecule has 0 bridgehead atoms. The minimum absolute atomic E-state index is 0.00863. The van der Waals surface area contributed by atoms with Crippen molar-refractivity contribution in [3.05, 3.63) is 68.6 Å². The van der Waals surface area contributed by atoms with E-state index in [4.69, 9.17) is 0 Å². The number of amides is 2. The first-order chi connectivity index (χ1) is 15.8. The van der Waals surface area contributed by atoms with Gasteiger partial charge in [-0.25, -0.2) is 8.42 Å². The molecular formula is C22H24F3N3O5S. The maximum Gasteiger partial charge on any atom is 0.418 e. The number of carbonyl (C=O) groups is 2. The van der Waals surface area contributed by atoms with Gasteiger partial charge in [-0.3, -0.25) is 14.4 Å². The summed E-state index contributed by atoms with van der Waals surface area (Å²) in [6, 6.07) is 7.52. The van der Waals surface area contributed by atoms with Crippen molar-refractivity contribution in [3.63, 3.8) is 0 Å². The van der Waals surface area contributed by atoms with Crippen molar-refractivity contribution < 1.29 is 31.2 Å². The summed E-state index contributed by atoms with van der Waals surface area (Å²) in [5.41, 5.74) is -2.24. The fourth-order valence-corrected chi connectivity index (χ4v) is 4.33. The second-order valence-electron chi connectivity index (χ2n) is 8.22. The van der Waals surface area contributed by atoms with Crippen LogP contribution in [0.15, 0.2) is 35.1 Å². The molecule has 12 heteroatoms. The highest BCUT2D eigenvalue weighted by molar-refractivity contribution is 7.90. The van der Waals surface area contributed by atoms with Crippen LogP contribution in [0.4, 0.5) is 13.2 Å². The van der Waals surface area contributed by atoms with E-state index in [1.807, 2.05) is 19.1 Å². The molecule has 0 fully saturated rings. The Bertz CT molecular complexity index is 1270. The van der Waals surface area contributed by atoms with Gasteiger partial charge in [0.15, 0.2) is 0 Å². The summed E-state index contributed by atoms with van der Waals surface area (Å²) in [6.45, 7) is 1.48. The van der Waals surface area contributed by atoms with Gasteiger partial charge >= 0.3 is 6.18 Å². The van der Waals surface area contributed by atoms with E-state index >= 15 is 0 Å². The number of hydrogen-bond donors (Lipinski definition) is 1. The van der Waals surface area contributed by atoms with Gasteiger partial charge in [0, 0.05) is 32.4 Å². The van der Waals surface area contributed by atoms with Crippen molar-refractivity contribution in [2.45, 2.75) is 32.6 Å². The zero-order chi connectivity index (χ0) is 25.3. The smallest absolute Gasteiger partial charge is 0.348 e. The van der Waals surface area contributed by atoms with Crippen LogP contribution in [0.5, 0.6) is 0 Å². The average molecular weight is 500 g/mol. The number of nitrogens with zero attached hydrogens (tertiary/aromatic N) is 2. The van der Waals surface area contributed by atoms with Gasteiger partial charge in [-0.2, -0.15) is 13.2 Å². The molecule has 0 radical (unpaired) electrons.